The number of ether oxygens (including phenoxy) is 1. The van der Waals surface area contributed by atoms with Crippen LogP contribution in [0.4, 0.5) is 0 Å². The number of hydrazone groups is 1. The van der Waals surface area contributed by atoms with Crippen LogP contribution < -0.4 is 21.0 Å². The molecule has 0 aromatic heterocycles. The second kappa shape index (κ2) is 11.1. The van der Waals surface area contributed by atoms with E-state index in [1.54, 1.807) is 18.2 Å². The Labute approximate surface area is 219 Å². The molecule has 0 aliphatic carbocycles. The average Bonchev–Trinajstić information content (AvgIpc) is 3.39. The van der Waals surface area contributed by atoms with Gasteiger partial charge in [-0.1, -0.05) is 89.9 Å². The molecule has 6 nitrogen and oxygen atoms in total. The molecule has 4 aromatic rings. The molecule has 4 aromatic carbocycles. The molecular weight excluding hydrogens is 495 g/mol. The van der Waals surface area contributed by atoms with E-state index in [2.05, 4.69) is 45.6 Å². The lowest BCUT2D eigenvalue weighted by molar-refractivity contribution is -0.122. The Bertz CT molecular complexity index is 1420. The van der Waals surface area contributed by atoms with E-state index in [4.69, 9.17) is 27.9 Å². The van der Waals surface area contributed by atoms with Crippen LogP contribution in [0.15, 0.2) is 90.0 Å². The molecule has 2 atom stereocenters. The predicted molar refractivity (Wildman–Crippen MR) is 144 cm³/mol. The van der Waals surface area contributed by atoms with Gasteiger partial charge in [0.15, 0.2) is 0 Å². The summed E-state index contributed by atoms with van der Waals surface area (Å²) in [5.41, 5.74) is 11.6. The van der Waals surface area contributed by atoms with Crippen molar-refractivity contribution < 1.29 is 9.53 Å². The molecule has 8 heteroatoms. The molecule has 0 saturated carbocycles. The molecule has 1 amide bonds. The van der Waals surface area contributed by atoms with Gasteiger partial charge in [-0.25, -0.2) is 16.3 Å². The smallest absolute Gasteiger partial charge is 0.258 e. The van der Waals surface area contributed by atoms with Gasteiger partial charge in [-0.05, 0) is 41.0 Å². The summed E-state index contributed by atoms with van der Waals surface area (Å²) in [5.74, 6) is 0.529. The molecule has 1 heterocycles. The minimum atomic E-state index is -0.459. The number of hydrogen-bond acceptors (Lipinski definition) is 5. The van der Waals surface area contributed by atoms with E-state index in [-0.39, 0.29) is 11.9 Å². The standard InChI is InChI=1S/C28H24Cl2N4O2/c29-21-13-12-19(24(30)14-21)16-31-34-28(35)26-15-25(32-33-26)23-10-3-4-11-27(23)36-17-20-8-5-7-18-6-1-2-9-22(18)20/h1-14,16,25-26,32-33H,15,17H2,(H,34,35)/b31-16+. The number of nitrogens with zero attached hydrogens (tertiary/aromatic N) is 1. The van der Waals surface area contributed by atoms with E-state index < -0.39 is 6.04 Å². The van der Waals surface area contributed by atoms with Gasteiger partial charge in [-0.2, -0.15) is 5.10 Å². The number of rotatable bonds is 7. The first-order valence-electron chi connectivity index (χ1n) is 11.6. The minimum absolute atomic E-state index is 0.0980. The van der Waals surface area contributed by atoms with Crippen LogP contribution in [-0.2, 0) is 11.4 Å². The highest BCUT2D eigenvalue weighted by Crippen LogP contribution is 2.31. The van der Waals surface area contributed by atoms with Crippen molar-refractivity contribution in [2.45, 2.75) is 25.1 Å². The molecule has 182 valence electrons. The second-order valence-corrected chi connectivity index (χ2v) is 9.34. The Morgan fingerprint density at radius 1 is 1.00 bits per heavy atom. The Morgan fingerprint density at radius 3 is 2.69 bits per heavy atom. The van der Waals surface area contributed by atoms with Crippen molar-refractivity contribution in [2.24, 2.45) is 5.10 Å². The number of carbonyl (C=O) groups excluding carboxylic acids is 1. The van der Waals surface area contributed by atoms with Crippen molar-refractivity contribution in [2.75, 3.05) is 0 Å². The van der Waals surface area contributed by atoms with Crippen molar-refractivity contribution in [3.63, 3.8) is 0 Å². The lowest BCUT2D eigenvalue weighted by atomic mass is 10.0. The predicted octanol–water partition coefficient (Wildman–Crippen LogP) is 5.78. The molecule has 1 saturated heterocycles. The lowest BCUT2D eigenvalue weighted by Crippen LogP contribution is -2.41. The molecule has 36 heavy (non-hydrogen) atoms. The van der Waals surface area contributed by atoms with Gasteiger partial charge < -0.3 is 4.74 Å². The number of fused-ring (bicyclic) bond motifs is 1. The van der Waals surface area contributed by atoms with Crippen molar-refractivity contribution >= 4 is 46.1 Å². The summed E-state index contributed by atoms with van der Waals surface area (Å²) in [7, 11) is 0. The maximum absolute atomic E-state index is 12.7. The first-order chi connectivity index (χ1) is 17.6. The normalized spacial score (nSPS) is 17.5. The summed E-state index contributed by atoms with van der Waals surface area (Å²) < 4.78 is 6.26. The Kier molecular flexibility index (Phi) is 7.49. The molecule has 2 unspecified atom stereocenters. The number of nitrogens with one attached hydrogen (secondary N) is 3. The zero-order valence-corrected chi connectivity index (χ0v) is 20.8. The van der Waals surface area contributed by atoms with E-state index in [0.29, 0.717) is 28.6 Å². The second-order valence-electron chi connectivity index (χ2n) is 8.49. The van der Waals surface area contributed by atoms with Crippen molar-refractivity contribution in [3.8, 4) is 5.75 Å². The van der Waals surface area contributed by atoms with Crippen LogP contribution in [-0.4, -0.2) is 18.2 Å². The van der Waals surface area contributed by atoms with Crippen LogP contribution in [0.2, 0.25) is 10.0 Å². The fourth-order valence-electron chi connectivity index (χ4n) is 4.26. The van der Waals surface area contributed by atoms with E-state index in [1.807, 2.05) is 42.5 Å². The van der Waals surface area contributed by atoms with Gasteiger partial charge in [-0.15, -0.1) is 0 Å². The van der Waals surface area contributed by atoms with Crippen LogP contribution in [0.25, 0.3) is 10.8 Å². The number of benzene rings is 4. The number of amides is 1. The highest BCUT2D eigenvalue weighted by molar-refractivity contribution is 6.36. The van der Waals surface area contributed by atoms with Crippen LogP contribution in [0.5, 0.6) is 5.75 Å². The highest BCUT2D eigenvalue weighted by Gasteiger charge is 2.31. The Hall–Kier alpha value is -3.42. The van der Waals surface area contributed by atoms with E-state index in [1.165, 1.54) is 17.0 Å². The first-order valence-corrected chi connectivity index (χ1v) is 12.3. The number of hydrazine groups is 1. The fourth-order valence-corrected chi connectivity index (χ4v) is 4.71. The summed E-state index contributed by atoms with van der Waals surface area (Å²) in [5, 5.41) is 7.39. The maximum Gasteiger partial charge on any atom is 0.258 e. The third-order valence-corrected chi connectivity index (χ3v) is 6.68. The van der Waals surface area contributed by atoms with E-state index in [0.717, 1.165) is 16.9 Å². The van der Waals surface area contributed by atoms with Gasteiger partial charge in [0.25, 0.3) is 5.91 Å². The van der Waals surface area contributed by atoms with Crippen LogP contribution >= 0.6 is 23.2 Å². The molecule has 0 spiro atoms. The topological polar surface area (TPSA) is 74.8 Å². The van der Waals surface area contributed by atoms with Gasteiger partial charge in [0.2, 0.25) is 0 Å². The summed E-state index contributed by atoms with van der Waals surface area (Å²) in [4.78, 5) is 12.7. The van der Waals surface area contributed by atoms with Gasteiger partial charge in [0.1, 0.15) is 18.4 Å². The maximum atomic E-state index is 12.7. The average molecular weight is 519 g/mol. The van der Waals surface area contributed by atoms with Crippen LogP contribution in [0.3, 0.4) is 0 Å². The largest absolute Gasteiger partial charge is 0.489 e. The number of halogens is 2. The minimum Gasteiger partial charge on any atom is -0.489 e. The fraction of sp³-hybridized carbons (Fsp3) is 0.143. The Balaban J connectivity index is 1.22. The lowest BCUT2D eigenvalue weighted by Gasteiger charge is -2.16. The van der Waals surface area contributed by atoms with Gasteiger partial charge in [0.05, 0.1) is 17.3 Å². The van der Waals surface area contributed by atoms with Crippen molar-refractivity contribution in [1.82, 2.24) is 16.3 Å². The van der Waals surface area contributed by atoms with Gasteiger partial charge in [-0.3, -0.25) is 4.79 Å². The Morgan fingerprint density at radius 2 is 1.81 bits per heavy atom. The number of hydrogen-bond donors (Lipinski definition) is 3. The summed E-state index contributed by atoms with van der Waals surface area (Å²) in [6.07, 6.45) is 2.03. The van der Waals surface area contributed by atoms with Crippen molar-refractivity contribution in [3.05, 3.63) is 112 Å². The summed E-state index contributed by atoms with van der Waals surface area (Å²) in [6, 6.07) is 26.9. The summed E-state index contributed by atoms with van der Waals surface area (Å²) in [6.45, 7) is 0.449. The molecule has 1 aliphatic heterocycles. The first kappa shape index (κ1) is 24.3. The molecule has 1 fully saturated rings. The SMILES string of the molecule is O=C(N/N=C/c1ccc(Cl)cc1Cl)C1CC(c2ccccc2OCc2cccc3ccccc23)NN1. The molecule has 5 rings (SSSR count). The highest BCUT2D eigenvalue weighted by atomic mass is 35.5. The van der Waals surface area contributed by atoms with Gasteiger partial charge in [0, 0.05) is 16.1 Å². The quantitative estimate of drug-likeness (QED) is 0.214. The van der Waals surface area contributed by atoms with E-state index >= 15 is 0 Å². The zero-order chi connectivity index (χ0) is 24.9. The monoisotopic (exact) mass is 518 g/mol. The third-order valence-electron chi connectivity index (χ3n) is 6.12. The zero-order valence-electron chi connectivity index (χ0n) is 19.2. The summed E-state index contributed by atoms with van der Waals surface area (Å²) >= 11 is 12.1. The molecule has 3 N–H and O–H groups in total. The van der Waals surface area contributed by atoms with Crippen LogP contribution in [0.1, 0.15) is 29.2 Å². The van der Waals surface area contributed by atoms with E-state index in [9.17, 15) is 4.79 Å². The number of carbonyl (C=O) groups is 1. The molecule has 0 radical (unpaired) electrons. The molecular formula is C28H24Cl2N4O2. The van der Waals surface area contributed by atoms with Crippen LogP contribution in [0, 0.1) is 0 Å². The number of para-hydroxylation sites is 1. The molecule has 1 aliphatic rings. The van der Waals surface area contributed by atoms with Gasteiger partial charge >= 0.3 is 0 Å². The third kappa shape index (κ3) is 5.53. The molecule has 0 bridgehead atoms. The van der Waals surface area contributed by atoms with Crippen molar-refractivity contribution in [1.29, 1.82) is 0 Å².